The number of pyridine rings is 1. The second-order valence-corrected chi connectivity index (χ2v) is 3.65. The van der Waals surface area contributed by atoms with E-state index in [-0.39, 0.29) is 6.04 Å². The minimum absolute atomic E-state index is 0.133. The third-order valence-electron chi connectivity index (χ3n) is 2.41. The first kappa shape index (κ1) is 9.87. The van der Waals surface area contributed by atoms with Crippen LogP contribution in [0.3, 0.4) is 0 Å². The molecule has 0 saturated heterocycles. The number of aryl methyl sites for hydroxylation is 1. The highest BCUT2D eigenvalue weighted by molar-refractivity contribution is 5.28. The predicted molar refractivity (Wildman–Crippen MR) is 61.4 cm³/mol. The molecule has 0 saturated carbocycles. The second kappa shape index (κ2) is 4.24. The molecule has 0 amide bonds. The molecular formula is C13H14N2. The molecule has 2 heteroatoms. The summed E-state index contributed by atoms with van der Waals surface area (Å²) in [7, 11) is 0. The highest BCUT2D eigenvalue weighted by Gasteiger charge is 2.08. The normalized spacial score (nSPS) is 12.4. The number of rotatable bonds is 2. The molecule has 2 N–H and O–H groups in total. The van der Waals surface area contributed by atoms with E-state index >= 15 is 0 Å². The van der Waals surface area contributed by atoms with Crippen LogP contribution in [0.4, 0.5) is 0 Å². The fourth-order valence-electron chi connectivity index (χ4n) is 1.56. The largest absolute Gasteiger partial charge is 0.319 e. The van der Waals surface area contributed by atoms with Crippen LogP contribution in [0.2, 0.25) is 0 Å². The number of aromatic nitrogens is 1. The molecule has 0 unspecified atom stereocenters. The topological polar surface area (TPSA) is 38.9 Å². The third-order valence-corrected chi connectivity index (χ3v) is 2.41. The minimum Gasteiger partial charge on any atom is -0.319 e. The van der Waals surface area contributed by atoms with Gasteiger partial charge in [-0.25, -0.2) is 0 Å². The van der Waals surface area contributed by atoms with Gasteiger partial charge in [0.25, 0.3) is 0 Å². The van der Waals surface area contributed by atoms with E-state index in [1.165, 1.54) is 5.56 Å². The molecule has 2 aromatic rings. The lowest BCUT2D eigenvalue weighted by molar-refractivity contribution is 0.826. The van der Waals surface area contributed by atoms with Crippen molar-refractivity contribution in [2.75, 3.05) is 0 Å². The second-order valence-electron chi connectivity index (χ2n) is 3.65. The minimum atomic E-state index is -0.133. The lowest BCUT2D eigenvalue weighted by atomic mass is 10.0. The van der Waals surface area contributed by atoms with Crippen molar-refractivity contribution in [3.63, 3.8) is 0 Å². The van der Waals surface area contributed by atoms with Crippen molar-refractivity contribution >= 4 is 0 Å². The van der Waals surface area contributed by atoms with Gasteiger partial charge in [-0.1, -0.05) is 30.3 Å². The van der Waals surface area contributed by atoms with Crippen LogP contribution >= 0.6 is 0 Å². The van der Waals surface area contributed by atoms with Crippen LogP contribution in [0.25, 0.3) is 0 Å². The molecule has 1 atom stereocenters. The number of nitrogens with two attached hydrogens (primary N) is 1. The molecule has 15 heavy (non-hydrogen) atoms. The summed E-state index contributed by atoms with van der Waals surface area (Å²) in [6, 6.07) is 13.9. The Hall–Kier alpha value is -1.67. The molecule has 0 fully saturated rings. The van der Waals surface area contributed by atoms with Gasteiger partial charge < -0.3 is 5.73 Å². The zero-order chi connectivity index (χ0) is 10.7. The van der Waals surface area contributed by atoms with Gasteiger partial charge in [-0.15, -0.1) is 0 Å². The van der Waals surface area contributed by atoms with Crippen molar-refractivity contribution in [2.45, 2.75) is 13.0 Å². The van der Waals surface area contributed by atoms with Crippen molar-refractivity contribution in [1.82, 2.24) is 4.98 Å². The Kier molecular flexibility index (Phi) is 2.79. The van der Waals surface area contributed by atoms with Crippen LogP contribution in [0.1, 0.15) is 22.9 Å². The monoisotopic (exact) mass is 198 g/mol. The quantitative estimate of drug-likeness (QED) is 0.805. The standard InChI is InChI=1S/C13H14N2/c1-10-7-8-15-12(9-10)13(14)11-5-3-2-4-6-11/h2-9,13H,14H2,1H3/t13-/m1/s1. The van der Waals surface area contributed by atoms with Gasteiger partial charge in [0.15, 0.2) is 0 Å². The molecule has 0 radical (unpaired) electrons. The van der Waals surface area contributed by atoms with Gasteiger partial charge in [0, 0.05) is 6.20 Å². The van der Waals surface area contributed by atoms with Gasteiger partial charge >= 0.3 is 0 Å². The van der Waals surface area contributed by atoms with Gasteiger partial charge in [-0.05, 0) is 30.2 Å². The SMILES string of the molecule is Cc1ccnc([C@H](N)c2ccccc2)c1. The fraction of sp³-hybridized carbons (Fsp3) is 0.154. The molecule has 76 valence electrons. The van der Waals surface area contributed by atoms with Crippen LogP contribution in [0.15, 0.2) is 48.7 Å². The van der Waals surface area contributed by atoms with Crippen LogP contribution in [-0.4, -0.2) is 4.98 Å². The molecule has 0 aliphatic rings. The fourth-order valence-corrected chi connectivity index (χ4v) is 1.56. The molecule has 0 aliphatic heterocycles. The predicted octanol–water partition coefficient (Wildman–Crippen LogP) is 2.44. The van der Waals surface area contributed by atoms with Gasteiger partial charge in [-0.3, -0.25) is 4.98 Å². The van der Waals surface area contributed by atoms with Crippen molar-refractivity contribution < 1.29 is 0 Å². The summed E-state index contributed by atoms with van der Waals surface area (Å²) < 4.78 is 0. The Morgan fingerprint density at radius 1 is 1.13 bits per heavy atom. The highest BCUT2D eigenvalue weighted by Crippen LogP contribution is 2.17. The zero-order valence-corrected chi connectivity index (χ0v) is 8.72. The summed E-state index contributed by atoms with van der Waals surface area (Å²) in [6.07, 6.45) is 1.80. The lowest BCUT2D eigenvalue weighted by Crippen LogP contribution is -2.13. The Bertz CT molecular complexity index is 437. The van der Waals surface area contributed by atoms with E-state index in [0.29, 0.717) is 0 Å². The molecule has 0 bridgehead atoms. The lowest BCUT2D eigenvalue weighted by Gasteiger charge is -2.11. The Morgan fingerprint density at radius 3 is 2.53 bits per heavy atom. The van der Waals surface area contributed by atoms with Crippen molar-refractivity contribution in [2.24, 2.45) is 5.73 Å². The number of benzene rings is 1. The number of hydrogen-bond acceptors (Lipinski definition) is 2. The third kappa shape index (κ3) is 2.22. The average molecular weight is 198 g/mol. The van der Waals surface area contributed by atoms with E-state index in [0.717, 1.165) is 11.3 Å². The van der Waals surface area contributed by atoms with Crippen molar-refractivity contribution in [1.29, 1.82) is 0 Å². The first-order valence-electron chi connectivity index (χ1n) is 5.00. The summed E-state index contributed by atoms with van der Waals surface area (Å²) >= 11 is 0. The molecule has 1 aromatic carbocycles. The summed E-state index contributed by atoms with van der Waals surface area (Å²) in [5, 5.41) is 0. The van der Waals surface area contributed by atoms with Gasteiger partial charge in [0.05, 0.1) is 11.7 Å². The number of hydrogen-bond donors (Lipinski definition) is 1. The van der Waals surface area contributed by atoms with Gasteiger partial charge in [0.1, 0.15) is 0 Å². The average Bonchev–Trinajstić information content (AvgIpc) is 2.29. The van der Waals surface area contributed by atoms with Gasteiger partial charge in [-0.2, -0.15) is 0 Å². The summed E-state index contributed by atoms with van der Waals surface area (Å²) in [5.74, 6) is 0. The van der Waals surface area contributed by atoms with E-state index in [2.05, 4.69) is 4.98 Å². The van der Waals surface area contributed by atoms with E-state index < -0.39 is 0 Å². The van der Waals surface area contributed by atoms with Gasteiger partial charge in [0.2, 0.25) is 0 Å². The van der Waals surface area contributed by atoms with Crippen LogP contribution in [0.5, 0.6) is 0 Å². The molecule has 2 nitrogen and oxygen atoms in total. The Morgan fingerprint density at radius 2 is 1.87 bits per heavy atom. The maximum atomic E-state index is 6.12. The number of nitrogens with zero attached hydrogens (tertiary/aromatic N) is 1. The summed E-state index contributed by atoms with van der Waals surface area (Å²) in [4.78, 5) is 4.29. The Balaban J connectivity index is 2.32. The maximum Gasteiger partial charge on any atom is 0.0726 e. The van der Waals surface area contributed by atoms with Crippen molar-refractivity contribution in [3.05, 3.63) is 65.5 Å². The summed E-state index contributed by atoms with van der Waals surface area (Å²) in [6.45, 7) is 2.04. The van der Waals surface area contributed by atoms with E-state index in [1.54, 1.807) is 6.20 Å². The van der Waals surface area contributed by atoms with Crippen LogP contribution in [0, 0.1) is 6.92 Å². The Labute approximate surface area is 89.8 Å². The molecule has 2 rings (SSSR count). The van der Waals surface area contributed by atoms with Crippen molar-refractivity contribution in [3.8, 4) is 0 Å². The maximum absolute atomic E-state index is 6.12. The first-order chi connectivity index (χ1) is 7.27. The molecule has 1 aromatic heterocycles. The highest BCUT2D eigenvalue weighted by atomic mass is 14.8. The van der Waals surface area contributed by atoms with E-state index in [4.69, 9.17) is 5.73 Å². The van der Waals surface area contributed by atoms with E-state index in [9.17, 15) is 0 Å². The molecule has 1 heterocycles. The zero-order valence-electron chi connectivity index (χ0n) is 8.72. The summed E-state index contributed by atoms with van der Waals surface area (Å²) in [5.41, 5.74) is 9.32. The van der Waals surface area contributed by atoms with Crippen LogP contribution < -0.4 is 5.73 Å². The molecular weight excluding hydrogens is 184 g/mol. The smallest absolute Gasteiger partial charge is 0.0726 e. The van der Waals surface area contributed by atoms with Crippen LogP contribution in [-0.2, 0) is 0 Å². The molecule has 0 aliphatic carbocycles. The first-order valence-corrected chi connectivity index (χ1v) is 5.00. The molecule has 0 spiro atoms. The van der Waals surface area contributed by atoms with E-state index in [1.807, 2.05) is 49.4 Å².